The van der Waals surface area contributed by atoms with Crippen molar-refractivity contribution in [2.24, 2.45) is 23.7 Å². The lowest BCUT2D eigenvalue weighted by Gasteiger charge is -2.50. The van der Waals surface area contributed by atoms with Crippen molar-refractivity contribution in [1.82, 2.24) is 21.3 Å². The number of rotatable bonds is 12. The van der Waals surface area contributed by atoms with Crippen LogP contribution in [0.15, 0.2) is 24.3 Å². The Morgan fingerprint density at radius 2 is 0.586 bits per heavy atom. The van der Waals surface area contributed by atoms with Crippen LogP contribution < -0.4 is 21.3 Å². The topological polar surface area (TPSA) is 153 Å². The second-order valence-electron chi connectivity index (χ2n) is 27.2. The summed E-state index contributed by atoms with van der Waals surface area (Å²) in [6, 6.07) is 6.27. The Kier molecular flexibility index (Phi) is 15.4. The van der Waals surface area contributed by atoms with E-state index < -0.39 is 48.3 Å². The third-order valence-electron chi connectivity index (χ3n) is 17.2. The lowest BCUT2D eigenvalue weighted by Crippen LogP contribution is -2.63. The highest BCUT2D eigenvalue weighted by atomic mass is 16.6. The van der Waals surface area contributed by atoms with Crippen LogP contribution in [0, 0.1) is 23.7 Å². The van der Waals surface area contributed by atoms with Crippen molar-refractivity contribution < 1.29 is 38.1 Å². The van der Waals surface area contributed by atoms with Crippen molar-refractivity contribution in [3.8, 4) is 0 Å². The van der Waals surface area contributed by atoms with Gasteiger partial charge in [0, 0.05) is 95.7 Å². The van der Waals surface area contributed by atoms with Crippen LogP contribution in [-0.2, 0) is 18.9 Å². The molecule has 2 aromatic rings. The zero-order chi connectivity index (χ0) is 52.5. The van der Waals surface area contributed by atoms with Crippen molar-refractivity contribution in [1.29, 1.82) is 0 Å². The molecule has 2 aromatic carbocycles. The minimum Gasteiger partial charge on any atom is -0.459 e. The summed E-state index contributed by atoms with van der Waals surface area (Å²) in [5.74, 6) is -1.56. The number of carbonyl (C=O) groups excluding carboxylic acids is 4. The van der Waals surface area contributed by atoms with E-state index >= 15 is 9.59 Å². The SMILES string of the molecule is CC(C)C1(C)CC(OC(=O)c2cc(C(=O)OC3CC(C)(C)NC(C)(C(C)C)C3)c3cc(C(=O)OC4CC(C)(C)NC(C)(C(C)C)C4)cc(C(=O)OC4CC(C)(C)NC(C)(C(C)C)C4)c3c2)CC(C)(C)N1. The molecule has 4 aliphatic heterocycles. The predicted molar refractivity (Wildman–Crippen MR) is 280 cm³/mol. The van der Waals surface area contributed by atoms with Crippen LogP contribution in [0.4, 0.5) is 0 Å². The molecule has 4 N–H and O–H groups in total. The number of piperidine rings is 4. The van der Waals surface area contributed by atoms with Crippen molar-refractivity contribution >= 4 is 34.6 Å². The monoisotopic (exact) mass is 973 g/mol. The molecule has 0 saturated carbocycles. The fraction of sp³-hybridized carbons (Fsp3) is 0.759. The van der Waals surface area contributed by atoms with Gasteiger partial charge < -0.3 is 40.2 Å². The van der Waals surface area contributed by atoms with Gasteiger partial charge in [0.1, 0.15) is 24.4 Å². The average molecular weight is 973 g/mol. The van der Waals surface area contributed by atoms with E-state index in [0.717, 1.165) is 0 Å². The lowest BCUT2D eigenvalue weighted by atomic mass is 9.74. The molecule has 0 aliphatic carbocycles. The summed E-state index contributed by atoms with van der Waals surface area (Å²) in [5.41, 5.74) is -2.27. The molecule has 0 amide bonds. The predicted octanol–water partition coefficient (Wildman–Crippen LogP) is 11.2. The summed E-state index contributed by atoms with van der Waals surface area (Å²) in [6.07, 6.45) is 2.81. The largest absolute Gasteiger partial charge is 0.459 e. The molecular weight excluding hydrogens is 881 g/mol. The first kappa shape index (κ1) is 55.7. The van der Waals surface area contributed by atoms with Crippen molar-refractivity contribution in [3.05, 3.63) is 46.5 Å². The lowest BCUT2D eigenvalue weighted by molar-refractivity contribution is -0.0203. The Hall–Kier alpha value is -3.58. The van der Waals surface area contributed by atoms with Crippen LogP contribution >= 0.6 is 0 Å². The van der Waals surface area contributed by atoms with Crippen LogP contribution in [0.25, 0.3) is 10.8 Å². The molecule has 0 radical (unpaired) electrons. The molecule has 392 valence electrons. The molecule has 8 atom stereocenters. The number of esters is 4. The Morgan fingerprint density at radius 1 is 0.371 bits per heavy atom. The van der Waals surface area contributed by atoms with Gasteiger partial charge in [0.2, 0.25) is 0 Å². The molecule has 4 fully saturated rings. The Bertz CT molecular complexity index is 2160. The van der Waals surface area contributed by atoms with E-state index in [9.17, 15) is 9.59 Å². The number of nitrogens with one attached hydrogen (secondary N) is 4. The van der Waals surface area contributed by atoms with E-state index in [-0.39, 0.29) is 101 Å². The van der Waals surface area contributed by atoms with Gasteiger partial charge in [-0.15, -0.1) is 0 Å². The summed E-state index contributed by atoms with van der Waals surface area (Å²) in [6.45, 7) is 42.9. The number of hydrogen-bond donors (Lipinski definition) is 4. The Morgan fingerprint density at radius 3 is 0.800 bits per heavy atom. The van der Waals surface area contributed by atoms with Crippen LogP contribution in [-0.4, -0.2) is 92.6 Å². The maximum absolute atomic E-state index is 15.1. The molecule has 8 unspecified atom stereocenters. The maximum atomic E-state index is 15.1. The normalized spacial score (nSPS) is 32.7. The summed E-state index contributed by atoms with van der Waals surface area (Å²) in [4.78, 5) is 59.6. The second-order valence-corrected chi connectivity index (χ2v) is 27.2. The minimum absolute atomic E-state index is 0.0548. The first-order valence-electron chi connectivity index (χ1n) is 26.5. The van der Waals surface area contributed by atoms with Crippen LogP contribution in [0.2, 0.25) is 0 Å². The average Bonchev–Trinajstić information content (AvgIpc) is 3.16. The number of ether oxygens (including phenoxy) is 4. The first-order valence-corrected chi connectivity index (χ1v) is 26.5. The van der Waals surface area contributed by atoms with Gasteiger partial charge in [-0.05, 0) is 142 Å². The Labute approximate surface area is 421 Å². The fourth-order valence-electron chi connectivity index (χ4n) is 12.7. The van der Waals surface area contributed by atoms with Gasteiger partial charge in [0.15, 0.2) is 0 Å². The van der Waals surface area contributed by atoms with Gasteiger partial charge in [-0.2, -0.15) is 0 Å². The standard InChI is InChI=1S/C58H92N4O8/c1-33(2)55(17)29-39(25-51(9,10)59-55)67-47(63)37-21-43-44(45(23-37)49(65)69-41-27-53(13,14)61-57(19,31-41)35(5)6)22-38(48(64)68-40-26-52(11,12)60-56(18,30-40)34(3)4)24-46(43)50(66)70-42-28-54(15,16)62-58(20,32-42)36(7)8/h21-24,33-36,39-42,59-62H,25-32H2,1-20H3. The quantitative estimate of drug-likeness (QED) is 0.118. The molecular formula is C58H92N4O8. The molecule has 0 spiro atoms. The number of benzene rings is 2. The van der Waals surface area contributed by atoms with Gasteiger partial charge >= 0.3 is 23.9 Å². The van der Waals surface area contributed by atoms with Crippen LogP contribution in [0.1, 0.15) is 231 Å². The van der Waals surface area contributed by atoms with E-state index in [2.05, 4.69) is 160 Å². The molecule has 0 bridgehead atoms. The molecule has 70 heavy (non-hydrogen) atoms. The summed E-state index contributed by atoms with van der Waals surface area (Å²) in [7, 11) is 0. The highest BCUT2D eigenvalue weighted by Gasteiger charge is 2.48. The van der Waals surface area contributed by atoms with Crippen molar-refractivity contribution in [2.45, 2.75) is 259 Å². The molecule has 12 nitrogen and oxygen atoms in total. The van der Waals surface area contributed by atoms with Gasteiger partial charge in [-0.25, -0.2) is 19.2 Å². The third-order valence-corrected chi connectivity index (χ3v) is 17.2. The highest BCUT2D eigenvalue weighted by molar-refractivity contribution is 6.15. The van der Waals surface area contributed by atoms with Crippen LogP contribution in [0.3, 0.4) is 0 Å². The van der Waals surface area contributed by atoms with Crippen molar-refractivity contribution in [2.75, 3.05) is 0 Å². The fourth-order valence-corrected chi connectivity index (χ4v) is 12.7. The third kappa shape index (κ3) is 12.4. The second kappa shape index (κ2) is 19.4. The van der Waals surface area contributed by atoms with Crippen LogP contribution in [0.5, 0.6) is 0 Å². The molecule has 0 aromatic heterocycles. The Balaban J connectivity index is 1.51. The van der Waals surface area contributed by atoms with Gasteiger partial charge in [0.25, 0.3) is 0 Å². The summed E-state index contributed by atoms with van der Waals surface area (Å²) < 4.78 is 25.9. The smallest absolute Gasteiger partial charge is 0.339 e. The zero-order valence-electron chi connectivity index (χ0n) is 46.9. The van der Waals surface area contributed by atoms with Gasteiger partial charge in [-0.1, -0.05) is 55.4 Å². The van der Waals surface area contributed by atoms with E-state index in [4.69, 9.17) is 18.9 Å². The van der Waals surface area contributed by atoms with E-state index in [1.807, 2.05) is 0 Å². The zero-order valence-corrected chi connectivity index (χ0v) is 46.9. The molecule has 6 rings (SSSR count). The number of fused-ring (bicyclic) bond motifs is 1. The number of carbonyl (C=O) groups is 4. The van der Waals surface area contributed by atoms with E-state index in [1.165, 1.54) is 12.1 Å². The highest BCUT2D eigenvalue weighted by Crippen LogP contribution is 2.41. The number of hydrogen-bond acceptors (Lipinski definition) is 12. The van der Waals surface area contributed by atoms with Gasteiger partial charge in [-0.3, -0.25) is 0 Å². The van der Waals surface area contributed by atoms with E-state index in [0.29, 0.717) is 51.4 Å². The molecule has 12 heteroatoms. The molecule has 4 aliphatic rings. The molecule has 4 saturated heterocycles. The molecule has 4 heterocycles. The first-order chi connectivity index (χ1) is 31.9. The maximum Gasteiger partial charge on any atom is 0.339 e. The minimum atomic E-state index is -0.658. The van der Waals surface area contributed by atoms with Crippen molar-refractivity contribution in [3.63, 3.8) is 0 Å². The summed E-state index contributed by atoms with van der Waals surface area (Å²) >= 11 is 0. The van der Waals surface area contributed by atoms with Gasteiger partial charge in [0.05, 0.1) is 22.3 Å². The van der Waals surface area contributed by atoms with E-state index in [1.54, 1.807) is 12.1 Å². The summed E-state index contributed by atoms with van der Waals surface area (Å²) in [5, 5.41) is 15.7.